The Hall–Kier alpha value is -0.420. The summed E-state index contributed by atoms with van der Waals surface area (Å²) in [6.45, 7) is 8.48. The van der Waals surface area contributed by atoms with Gasteiger partial charge in [0.2, 0.25) is 0 Å². The molecule has 0 bridgehead atoms. The van der Waals surface area contributed by atoms with Gasteiger partial charge in [-0.1, -0.05) is 6.07 Å². The zero-order chi connectivity index (χ0) is 20.1. The van der Waals surface area contributed by atoms with Gasteiger partial charge in [0.25, 0.3) is 0 Å². The smallest absolute Gasteiger partial charge is 0.194 e. The van der Waals surface area contributed by atoms with Crippen molar-refractivity contribution in [1.29, 1.82) is 0 Å². The number of likely N-dealkylation sites (tertiary alicyclic amines) is 1. The molecule has 8 heteroatoms. The molecule has 1 aromatic heterocycles. The number of nitrogens with one attached hydrogen (secondary N) is 1. The fourth-order valence-electron chi connectivity index (χ4n) is 4.98. The van der Waals surface area contributed by atoms with E-state index in [-0.39, 0.29) is 36.2 Å². The molecule has 6 nitrogen and oxygen atoms in total. The van der Waals surface area contributed by atoms with Gasteiger partial charge in [-0.05, 0) is 63.6 Å². The minimum absolute atomic E-state index is 0. The zero-order valence-electron chi connectivity index (χ0n) is 18.3. The van der Waals surface area contributed by atoms with Crippen molar-refractivity contribution in [1.82, 2.24) is 15.1 Å². The molecule has 0 amide bonds. The van der Waals surface area contributed by atoms with Crippen LogP contribution in [0.2, 0.25) is 0 Å². The molecule has 0 saturated carbocycles. The maximum Gasteiger partial charge on any atom is 0.194 e. The van der Waals surface area contributed by atoms with Crippen molar-refractivity contribution in [3.05, 3.63) is 22.4 Å². The lowest BCUT2D eigenvalue weighted by atomic mass is 9.88. The molecule has 4 heterocycles. The predicted molar refractivity (Wildman–Crippen MR) is 134 cm³/mol. The van der Waals surface area contributed by atoms with E-state index in [0.717, 1.165) is 58.2 Å². The van der Waals surface area contributed by atoms with Gasteiger partial charge in [0.1, 0.15) is 6.10 Å². The molecule has 1 aromatic rings. The first kappa shape index (κ1) is 24.2. The van der Waals surface area contributed by atoms with E-state index in [1.165, 1.54) is 24.3 Å². The van der Waals surface area contributed by atoms with E-state index in [0.29, 0.717) is 12.0 Å². The van der Waals surface area contributed by atoms with Crippen molar-refractivity contribution < 1.29 is 9.47 Å². The second kappa shape index (κ2) is 12.0. The van der Waals surface area contributed by atoms with Gasteiger partial charge in [-0.25, -0.2) is 0 Å². The average Bonchev–Trinajstić information content (AvgIpc) is 3.45. The van der Waals surface area contributed by atoms with Crippen LogP contribution in [0.5, 0.6) is 0 Å². The highest BCUT2D eigenvalue weighted by Crippen LogP contribution is 2.37. The summed E-state index contributed by atoms with van der Waals surface area (Å²) in [5.74, 6) is 1.60. The van der Waals surface area contributed by atoms with E-state index >= 15 is 0 Å². The number of ether oxygens (including phenoxy) is 2. The van der Waals surface area contributed by atoms with Gasteiger partial charge in [-0.3, -0.25) is 9.89 Å². The lowest BCUT2D eigenvalue weighted by Crippen LogP contribution is -2.53. The van der Waals surface area contributed by atoms with Gasteiger partial charge in [0.05, 0.1) is 12.7 Å². The fraction of sp³-hybridized carbons (Fsp3) is 0.773. The third-order valence-corrected chi connectivity index (χ3v) is 7.37. The number of rotatable bonds is 5. The Bertz CT molecular complexity index is 654. The van der Waals surface area contributed by atoms with E-state index < -0.39 is 0 Å². The maximum atomic E-state index is 6.04. The number of hydrogen-bond donors (Lipinski definition) is 1. The predicted octanol–water partition coefficient (Wildman–Crippen LogP) is 3.59. The fourth-order valence-corrected chi connectivity index (χ4v) is 5.96. The highest BCUT2D eigenvalue weighted by Gasteiger charge is 2.33. The van der Waals surface area contributed by atoms with Gasteiger partial charge in [-0.15, -0.1) is 35.3 Å². The van der Waals surface area contributed by atoms with Crippen molar-refractivity contribution in [2.75, 3.05) is 53.0 Å². The molecule has 0 radical (unpaired) electrons. The number of guanidine groups is 1. The molecule has 4 unspecified atom stereocenters. The third-order valence-electron chi connectivity index (χ3n) is 6.42. The number of aliphatic imine (C=N–C) groups is 1. The van der Waals surface area contributed by atoms with E-state index in [1.807, 2.05) is 11.3 Å². The van der Waals surface area contributed by atoms with Gasteiger partial charge < -0.3 is 19.7 Å². The number of morpholine rings is 1. The van der Waals surface area contributed by atoms with Crippen LogP contribution < -0.4 is 5.32 Å². The van der Waals surface area contributed by atoms with Gasteiger partial charge in [-0.2, -0.15) is 0 Å². The molecule has 3 fully saturated rings. The lowest BCUT2D eigenvalue weighted by molar-refractivity contribution is -0.0817. The molecule has 170 valence electrons. The molecule has 1 N–H and O–H groups in total. The third kappa shape index (κ3) is 5.88. The summed E-state index contributed by atoms with van der Waals surface area (Å²) >= 11 is 1.88. The van der Waals surface area contributed by atoms with Crippen molar-refractivity contribution in [2.45, 2.75) is 50.9 Å². The molecule has 4 rings (SSSR count). The van der Waals surface area contributed by atoms with Crippen molar-refractivity contribution in [3.8, 4) is 0 Å². The van der Waals surface area contributed by atoms with E-state index in [4.69, 9.17) is 14.5 Å². The Kier molecular flexibility index (Phi) is 9.68. The minimum atomic E-state index is 0. The zero-order valence-corrected chi connectivity index (χ0v) is 21.4. The second-order valence-corrected chi connectivity index (χ2v) is 9.42. The molecule has 0 aromatic carbocycles. The van der Waals surface area contributed by atoms with Gasteiger partial charge in [0.15, 0.2) is 5.96 Å². The molecule has 4 atom stereocenters. The quantitative estimate of drug-likeness (QED) is 0.347. The van der Waals surface area contributed by atoms with Crippen LogP contribution in [-0.2, 0) is 9.47 Å². The van der Waals surface area contributed by atoms with Crippen LogP contribution in [0.3, 0.4) is 0 Å². The first-order valence-electron chi connectivity index (χ1n) is 11.3. The van der Waals surface area contributed by atoms with Crippen LogP contribution >= 0.6 is 35.3 Å². The van der Waals surface area contributed by atoms with Crippen LogP contribution in [-0.4, -0.2) is 81.0 Å². The molecule has 3 aliphatic heterocycles. The summed E-state index contributed by atoms with van der Waals surface area (Å²) in [6, 6.07) is 4.94. The second-order valence-electron chi connectivity index (χ2n) is 8.44. The Labute approximate surface area is 202 Å². The number of halogens is 1. The lowest BCUT2D eigenvalue weighted by Gasteiger charge is -2.39. The molecular weight excluding hydrogens is 511 g/mol. The average molecular weight is 549 g/mol. The Balaban J connectivity index is 0.00000256. The minimum Gasteiger partial charge on any atom is -0.375 e. The van der Waals surface area contributed by atoms with E-state index in [2.05, 4.69) is 46.6 Å². The van der Waals surface area contributed by atoms with Crippen LogP contribution in [0.25, 0.3) is 0 Å². The standard InChI is InChI=1S/C22H36N4O2S.HI/c1-3-23-22(26-11-13-28-19(16-26)18-8-5-12-27-18)24-15-17-7-4-10-25(2)21(17)20-9-6-14-29-20;/h6,9,14,17-19,21H,3-5,7-8,10-13,15-16H2,1-2H3,(H,23,24);1H. The van der Waals surface area contributed by atoms with Crippen molar-refractivity contribution in [2.24, 2.45) is 10.9 Å². The summed E-state index contributed by atoms with van der Waals surface area (Å²) in [4.78, 5) is 11.5. The summed E-state index contributed by atoms with van der Waals surface area (Å²) in [5.41, 5.74) is 0. The molecule has 0 spiro atoms. The largest absolute Gasteiger partial charge is 0.375 e. The first-order chi connectivity index (χ1) is 14.3. The molecule has 3 aliphatic rings. The topological polar surface area (TPSA) is 49.3 Å². The Morgan fingerprint density at radius 3 is 2.80 bits per heavy atom. The maximum absolute atomic E-state index is 6.04. The SMILES string of the molecule is CCNC(=NCC1CCCN(C)C1c1cccs1)N1CCOC(C2CCCO2)C1.I. The highest BCUT2D eigenvalue weighted by atomic mass is 127. The first-order valence-corrected chi connectivity index (χ1v) is 12.1. The van der Waals surface area contributed by atoms with Crippen LogP contribution in [0.4, 0.5) is 0 Å². The van der Waals surface area contributed by atoms with Crippen molar-refractivity contribution >= 4 is 41.3 Å². The van der Waals surface area contributed by atoms with Crippen LogP contribution in [0.15, 0.2) is 22.5 Å². The molecule has 0 aliphatic carbocycles. The van der Waals surface area contributed by atoms with Crippen LogP contribution in [0.1, 0.15) is 43.5 Å². The monoisotopic (exact) mass is 548 g/mol. The summed E-state index contributed by atoms with van der Waals surface area (Å²) in [5, 5.41) is 5.73. The summed E-state index contributed by atoms with van der Waals surface area (Å²) in [6.07, 6.45) is 5.18. The number of hydrogen-bond acceptors (Lipinski definition) is 5. The Morgan fingerprint density at radius 2 is 2.07 bits per heavy atom. The number of nitrogens with zero attached hydrogens (tertiary/aromatic N) is 3. The molecule has 3 saturated heterocycles. The van der Waals surface area contributed by atoms with Crippen LogP contribution in [0, 0.1) is 5.92 Å². The summed E-state index contributed by atoms with van der Waals surface area (Å²) < 4.78 is 11.9. The molecule has 30 heavy (non-hydrogen) atoms. The number of thiophene rings is 1. The van der Waals surface area contributed by atoms with Gasteiger partial charge >= 0.3 is 0 Å². The molecular formula is C22H37IN4O2S. The normalized spacial score (nSPS) is 30.9. The van der Waals surface area contributed by atoms with Gasteiger partial charge in [0, 0.05) is 43.7 Å². The Morgan fingerprint density at radius 1 is 1.20 bits per heavy atom. The van der Waals surface area contributed by atoms with E-state index in [9.17, 15) is 0 Å². The van der Waals surface area contributed by atoms with E-state index in [1.54, 1.807) is 0 Å². The number of piperidine rings is 1. The highest BCUT2D eigenvalue weighted by molar-refractivity contribution is 14.0. The summed E-state index contributed by atoms with van der Waals surface area (Å²) in [7, 11) is 2.26. The van der Waals surface area contributed by atoms with Crippen molar-refractivity contribution in [3.63, 3.8) is 0 Å².